The van der Waals surface area contributed by atoms with Crippen LogP contribution >= 0.6 is 0 Å². The molecular formula is C19H22N4O. The molecule has 0 unspecified atom stereocenters. The summed E-state index contributed by atoms with van der Waals surface area (Å²) in [6.07, 6.45) is 6.30. The van der Waals surface area contributed by atoms with Crippen molar-refractivity contribution >= 4 is 16.7 Å². The van der Waals surface area contributed by atoms with Gasteiger partial charge in [-0.15, -0.1) is 0 Å². The minimum Gasteiger partial charge on any atom is -0.337 e. The third-order valence-electron chi connectivity index (χ3n) is 4.29. The molecule has 0 aliphatic rings. The van der Waals surface area contributed by atoms with E-state index >= 15 is 0 Å². The summed E-state index contributed by atoms with van der Waals surface area (Å²) in [6.45, 7) is 5.44. The van der Waals surface area contributed by atoms with Gasteiger partial charge in [0, 0.05) is 43.6 Å². The highest BCUT2D eigenvalue weighted by molar-refractivity contribution is 5.95. The van der Waals surface area contributed by atoms with Crippen LogP contribution in [0.3, 0.4) is 0 Å². The summed E-state index contributed by atoms with van der Waals surface area (Å²) in [7, 11) is 1.83. The van der Waals surface area contributed by atoms with Crippen LogP contribution in [0.25, 0.3) is 10.8 Å². The molecule has 5 heteroatoms. The van der Waals surface area contributed by atoms with Gasteiger partial charge in [0.25, 0.3) is 5.91 Å². The van der Waals surface area contributed by atoms with Crippen LogP contribution in [-0.4, -0.2) is 32.6 Å². The van der Waals surface area contributed by atoms with E-state index in [1.165, 1.54) is 0 Å². The molecule has 0 atom stereocenters. The SMILES string of the molecule is CCCn1ncc(C(=O)N(C)Cc2cccc3cnccc23)c1C. The van der Waals surface area contributed by atoms with Crippen molar-refractivity contribution in [2.45, 2.75) is 33.4 Å². The number of amides is 1. The normalized spacial score (nSPS) is 11.0. The molecule has 0 spiro atoms. The van der Waals surface area contributed by atoms with Gasteiger partial charge in [0.05, 0.1) is 11.8 Å². The molecule has 1 aromatic carbocycles. The molecule has 2 aromatic heterocycles. The molecule has 1 amide bonds. The second-order valence-electron chi connectivity index (χ2n) is 6.04. The zero-order chi connectivity index (χ0) is 17.1. The topological polar surface area (TPSA) is 51.0 Å². The van der Waals surface area contributed by atoms with Crippen molar-refractivity contribution in [3.05, 3.63) is 59.7 Å². The van der Waals surface area contributed by atoms with E-state index in [0.717, 1.165) is 35.0 Å². The van der Waals surface area contributed by atoms with Crippen LogP contribution in [0.5, 0.6) is 0 Å². The van der Waals surface area contributed by atoms with Crippen molar-refractivity contribution in [1.29, 1.82) is 0 Å². The monoisotopic (exact) mass is 322 g/mol. The van der Waals surface area contributed by atoms with E-state index in [2.05, 4.69) is 23.1 Å². The molecule has 0 fully saturated rings. The predicted octanol–water partition coefficient (Wildman–Crippen LogP) is 3.42. The largest absolute Gasteiger partial charge is 0.337 e. The van der Waals surface area contributed by atoms with Gasteiger partial charge in [-0.25, -0.2) is 0 Å². The second kappa shape index (κ2) is 6.83. The summed E-state index contributed by atoms with van der Waals surface area (Å²) in [5.41, 5.74) is 2.72. The number of aryl methyl sites for hydroxylation is 1. The lowest BCUT2D eigenvalue weighted by atomic mass is 10.1. The molecular weight excluding hydrogens is 300 g/mol. The van der Waals surface area contributed by atoms with E-state index in [0.29, 0.717) is 12.1 Å². The number of hydrogen-bond acceptors (Lipinski definition) is 3. The van der Waals surface area contributed by atoms with Gasteiger partial charge >= 0.3 is 0 Å². The number of fused-ring (bicyclic) bond motifs is 1. The number of benzene rings is 1. The van der Waals surface area contributed by atoms with Crippen molar-refractivity contribution in [3.8, 4) is 0 Å². The molecule has 5 nitrogen and oxygen atoms in total. The van der Waals surface area contributed by atoms with Gasteiger partial charge in [-0.2, -0.15) is 5.10 Å². The zero-order valence-corrected chi connectivity index (χ0v) is 14.4. The first kappa shape index (κ1) is 16.2. The van der Waals surface area contributed by atoms with Crippen molar-refractivity contribution in [3.63, 3.8) is 0 Å². The first-order chi connectivity index (χ1) is 11.6. The molecule has 0 bridgehead atoms. The smallest absolute Gasteiger partial charge is 0.257 e. The molecule has 0 saturated carbocycles. The third kappa shape index (κ3) is 3.02. The lowest BCUT2D eigenvalue weighted by molar-refractivity contribution is 0.0785. The maximum Gasteiger partial charge on any atom is 0.257 e. The minimum absolute atomic E-state index is 0.000845. The van der Waals surface area contributed by atoms with Crippen molar-refractivity contribution in [2.75, 3.05) is 7.05 Å². The van der Waals surface area contributed by atoms with Gasteiger partial charge < -0.3 is 4.90 Å². The molecule has 2 heterocycles. The number of hydrogen-bond donors (Lipinski definition) is 0. The first-order valence-corrected chi connectivity index (χ1v) is 8.21. The maximum absolute atomic E-state index is 12.8. The van der Waals surface area contributed by atoms with Crippen molar-refractivity contribution < 1.29 is 4.79 Å². The molecule has 3 aromatic rings. The molecule has 0 aliphatic carbocycles. The molecule has 0 N–H and O–H groups in total. The second-order valence-corrected chi connectivity index (χ2v) is 6.04. The van der Waals surface area contributed by atoms with Crippen molar-refractivity contribution in [2.24, 2.45) is 0 Å². The van der Waals surface area contributed by atoms with Crippen LogP contribution in [-0.2, 0) is 13.1 Å². The number of carbonyl (C=O) groups excluding carboxylic acids is 1. The molecule has 0 radical (unpaired) electrons. The van der Waals surface area contributed by atoms with E-state index < -0.39 is 0 Å². The number of nitrogens with zero attached hydrogens (tertiary/aromatic N) is 4. The Morgan fingerprint density at radius 3 is 2.88 bits per heavy atom. The van der Waals surface area contributed by atoms with E-state index in [1.807, 2.05) is 43.0 Å². The quantitative estimate of drug-likeness (QED) is 0.723. The Kier molecular flexibility index (Phi) is 4.60. The Hall–Kier alpha value is -2.69. The molecule has 24 heavy (non-hydrogen) atoms. The van der Waals surface area contributed by atoms with Crippen LogP contribution in [0.4, 0.5) is 0 Å². The van der Waals surface area contributed by atoms with Gasteiger partial charge in [0.15, 0.2) is 0 Å². The Morgan fingerprint density at radius 1 is 1.25 bits per heavy atom. The Labute approximate surface area is 141 Å². The Bertz CT molecular complexity index is 863. The fraction of sp³-hybridized carbons (Fsp3) is 0.316. The lowest BCUT2D eigenvalue weighted by Gasteiger charge is -2.18. The third-order valence-corrected chi connectivity index (χ3v) is 4.29. The van der Waals surface area contributed by atoms with Crippen molar-refractivity contribution in [1.82, 2.24) is 19.7 Å². The van der Waals surface area contributed by atoms with Crippen LogP contribution in [0.1, 0.15) is 35.0 Å². The van der Waals surface area contributed by atoms with E-state index in [-0.39, 0.29) is 5.91 Å². The highest BCUT2D eigenvalue weighted by atomic mass is 16.2. The van der Waals surface area contributed by atoms with E-state index in [4.69, 9.17) is 0 Å². The summed E-state index contributed by atoms with van der Waals surface area (Å²) in [5, 5.41) is 6.54. The standard InChI is InChI=1S/C19H22N4O/c1-4-10-23-14(2)18(12-21-23)19(24)22(3)13-16-7-5-6-15-11-20-9-8-17(15)16/h5-9,11-12H,4,10,13H2,1-3H3. The molecule has 0 aliphatic heterocycles. The number of carbonyl (C=O) groups is 1. The first-order valence-electron chi connectivity index (χ1n) is 8.21. The summed E-state index contributed by atoms with van der Waals surface area (Å²) < 4.78 is 1.89. The van der Waals surface area contributed by atoms with Gasteiger partial charge in [0.2, 0.25) is 0 Å². The van der Waals surface area contributed by atoms with Gasteiger partial charge in [-0.05, 0) is 30.4 Å². The maximum atomic E-state index is 12.8. The van der Waals surface area contributed by atoms with Gasteiger partial charge in [-0.1, -0.05) is 25.1 Å². The average Bonchev–Trinajstić information content (AvgIpc) is 2.96. The lowest BCUT2D eigenvalue weighted by Crippen LogP contribution is -2.26. The van der Waals surface area contributed by atoms with Gasteiger partial charge in [-0.3, -0.25) is 14.5 Å². The fourth-order valence-electron chi connectivity index (χ4n) is 2.95. The van der Waals surface area contributed by atoms with Crippen LogP contribution in [0, 0.1) is 6.92 Å². The highest BCUT2D eigenvalue weighted by Crippen LogP contribution is 2.20. The van der Waals surface area contributed by atoms with E-state index in [9.17, 15) is 4.79 Å². The van der Waals surface area contributed by atoms with Gasteiger partial charge in [0.1, 0.15) is 0 Å². The van der Waals surface area contributed by atoms with Crippen LogP contribution in [0.2, 0.25) is 0 Å². The Balaban J connectivity index is 1.84. The number of rotatable bonds is 5. The highest BCUT2D eigenvalue weighted by Gasteiger charge is 2.18. The number of pyridine rings is 1. The number of aromatic nitrogens is 3. The summed E-state index contributed by atoms with van der Waals surface area (Å²) in [4.78, 5) is 18.7. The molecule has 124 valence electrons. The Morgan fingerprint density at radius 2 is 2.08 bits per heavy atom. The predicted molar refractivity (Wildman–Crippen MR) is 94.8 cm³/mol. The summed E-state index contributed by atoms with van der Waals surface area (Å²) >= 11 is 0. The summed E-state index contributed by atoms with van der Waals surface area (Å²) in [6, 6.07) is 8.09. The summed E-state index contributed by atoms with van der Waals surface area (Å²) in [5.74, 6) is 0.000845. The average molecular weight is 322 g/mol. The van der Waals surface area contributed by atoms with E-state index in [1.54, 1.807) is 17.3 Å². The molecule has 3 rings (SSSR count). The van der Waals surface area contributed by atoms with Crippen LogP contribution < -0.4 is 0 Å². The fourth-order valence-corrected chi connectivity index (χ4v) is 2.95. The minimum atomic E-state index is 0.000845. The molecule has 0 saturated heterocycles. The zero-order valence-electron chi connectivity index (χ0n) is 14.4. The van der Waals surface area contributed by atoms with Crippen LogP contribution in [0.15, 0.2) is 42.9 Å².